The second kappa shape index (κ2) is 5.40. The van der Waals surface area contributed by atoms with Gasteiger partial charge in [-0.1, -0.05) is 51.1 Å². The second-order valence-corrected chi connectivity index (χ2v) is 8.90. The molecular weight excluding hydrogens is 258 g/mol. The maximum absolute atomic E-state index is 11.4. The number of rotatable bonds is 1. The zero-order chi connectivity index (χ0) is 15.9. The molecule has 1 aromatic carbocycles. The van der Waals surface area contributed by atoms with Gasteiger partial charge in [-0.15, -0.1) is 0 Å². The molecule has 1 fully saturated rings. The molecule has 3 atom stereocenters. The van der Waals surface area contributed by atoms with Gasteiger partial charge in [-0.05, 0) is 38.2 Å². The highest BCUT2D eigenvalue weighted by molar-refractivity contribution is 5.23. The first-order valence-electron chi connectivity index (χ1n) is 8.15. The molecule has 1 aromatic rings. The van der Waals surface area contributed by atoms with Crippen molar-refractivity contribution < 1.29 is 10.0 Å². The van der Waals surface area contributed by atoms with Crippen LogP contribution in [-0.2, 0) is 5.60 Å². The van der Waals surface area contributed by atoms with Gasteiger partial charge >= 0.3 is 0 Å². The van der Waals surface area contributed by atoms with Crippen LogP contribution in [0.1, 0.15) is 53.5 Å². The van der Waals surface area contributed by atoms with Crippen molar-refractivity contribution >= 4 is 0 Å². The second-order valence-electron chi connectivity index (χ2n) is 8.90. The number of likely N-dealkylation sites (tertiary alicyclic amines) is 1. The fraction of sp³-hybridized carbons (Fsp3) is 0.684. The summed E-state index contributed by atoms with van der Waals surface area (Å²) in [5, 5.41) is 11.4. The van der Waals surface area contributed by atoms with Crippen LogP contribution >= 0.6 is 0 Å². The van der Waals surface area contributed by atoms with E-state index < -0.39 is 5.60 Å². The molecule has 0 aromatic heterocycles. The van der Waals surface area contributed by atoms with Crippen molar-refractivity contribution in [2.45, 2.75) is 59.1 Å². The van der Waals surface area contributed by atoms with Crippen LogP contribution < -0.4 is 4.90 Å². The molecule has 0 bridgehead atoms. The summed E-state index contributed by atoms with van der Waals surface area (Å²) >= 11 is 0. The van der Waals surface area contributed by atoms with Crippen molar-refractivity contribution in [2.75, 3.05) is 13.1 Å². The predicted molar refractivity (Wildman–Crippen MR) is 88.4 cm³/mol. The molecular formula is C19H32NO+. The maximum Gasteiger partial charge on any atom is 0.139 e. The van der Waals surface area contributed by atoms with Crippen molar-refractivity contribution in [3.8, 4) is 0 Å². The van der Waals surface area contributed by atoms with Gasteiger partial charge in [0.15, 0.2) is 0 Å². The van der Waals surface area contributed by atoms with E-state index in [1.165, 1.54) is 4.90 Å². The summed E-state index contributed by atoms with van der Waals surface area (Å²) in [7, 11) is 0. The highest BCUT2D eigenvalue weighted by atomic mass is 16.3. The molecule has 118 valence electrons. The van der Waals surface area contributed by atoms with Gasteiger partial charge in [-0.3, -0.25) is 0 Å². The van der Waals surface area contributed by atoms with E-state index in [-0.39, 0.29) is 11.0 Å². The quantitative estimate of drug-likeness (QED) is 0.816. The molecule has 2 rings (SSSR count). The molecule has 1 unspecified atom stereocenters. The summed E-state index contributed by atoms with van der Waals surface area (Å²) in [4.78, 5) is 1.50. The molecule has 2 heteroatoms. The van der Waals surface area contributed by atoms with E-state index in [0.717, 1.165) is 25.1 Å². The molecule has 0 spiro atoms. The third-order valence-electron chi connectivity index (χ3n) is 5.18. The molecule has 1 heterocycles. The van der Waals surface area contributed by atoms with E-state index in [0.29, 0.717) is 5.92 Å². The Labute approximate surface area is 130 Å². The largest absolute Gasteiger partial charge is 0.379 e. The van der Waals surface area contributed by atoms with Gasteiger partial charge in [0, 0.05) is 5.92 Å². The minimum atomic E-state index is -0.708. The molecule has 1 saturated heterocycles. The molecule has 1 aliphatic heterocycles. The minimum Gasteiger partial charge on any atom is -0.379 e. The number of quaternary nitrogens is 1. The molecule has 0 amide bonds. The first kappa shape index (κ1) is 16.5. The van der Waals surface area contributed by atoms with Crippen LogP contribution in [0.2, 0.25) is 0 Å². The standard InChI is InChI=1S/C19H31NO/c1-17(2,3)16-12-19(21,15-10-8-7-9-11-15)14-20(13-16)18(4,5)6/h7-11,16,21H,12-14H2,1-6H3/p+1/t16-,19+/m0/s1. The van der Waals surface area contributed by atoms with E-state index >= 15 is 0 Å². The number of piperidine rings is 1. The van der Waals surface area contributed by atoms with Crippen molar-refractivity contribution in [1.82, 2.24) is 0 Å². The molecule has 1 aliphatic rings. The SMILES string of the molecule is CC(C)(C)[C@@H]1C[NH+](C(C)(C)C)C[C@@](O)(c2ccccc2)C1. The zero-order valence-electron chi connectivity index (χ0n) is 14.5. The summed E-state index contributed by atoms with van der Waals surface area (Å²) in [6.45, 7) is 15.7. The highest BCUT2D eigenvalue weighted by Crippen LogP contribution is 2.38. The van der Waals surface area contributed by atoms with Crippen LogP contribution in [-0.4, -0.2) is 23.7 Å². The Bertz CT molecular complexity index is 445. The molecule has 2 N–H and O–H groups in total. The molecule has 0 aliphatic carbocycles. The molecule has 2 nitrogen and oxygen atoms in total. The Balaban J connectivity index is 2.37. The van der Waals surface area contributed by atoms with E-state index in [9.17, 15) is 5.11 Å². The van der Waals surface area contributed by atoms with E-state index in [4.69, 9.17) is 0 Å². The molecule has 21 heavy (non-hydrogen) atoms. The Morgan fingerprint density at radius 2 is 1.62 bits per heavy atom. The Morgan fingerprint density at radius 1 is 1.05 bits per heavy atom. The topological polar surface area (TPSA) is 24.7 Å². The fourth-order valence-corrected chi connectivity index (χ4v) is 3.43. The van der Waals surface area contributed by atoms with Gasteiger partial charge < -0.3 is 10.0 Å². The predicted octanol–water partition coefficient (Wildman–Crippen LogP) is 2.62. The maximum atomic E-state index is 11.4. The average molecular weight is 290 g/mol. The Kier molecular flexibility index (Phi) is 4.25. The average Bonchev–Trinajstić information content (AvgIpc) is 2.37. The number of benzene rings is 1. The number of hydrogen-bond acceptors (Lipinski definition) is 1. The van der Waals surface area contributed by atoms with Crippen LogP contribution in [0.4, 0.5) is 0 Å². The van der Waals surface area contributed by atoms with Crippen molar-refractivity contribution in [1.29, 1.82) is 0 Å². The van der Waals surface area contributed by atoms with Crippen LogP contribution in [0.5, 0.6) is 0 Å². The third kappa shape index (κ3) is 3.67. The Morgan fingerprint density at radius 3 is 2.10 bits per heavy atom. The summed E-state index contributed by atoms with van der Waals surface area (Å²) in [5.41, 5.74) is 0.743. The number of nitrogens with one attached hydrogen (secondary N) is 1. The smallest absolute Gasteiger partial charge is 0.139 e. The summed E-state index contributed by atoms with van der Waals surface area (Å²) in [6, 6.07) is 10.2. The van der Waals surface area contributed by atoms with Crippen molar-refractivity contribution in [2.24, 2.45) is 11.3 Å². The summed E-state index contributed by atoms with van der Waals surface area (Å²) in [6.07, 6.45) is 0.861. The monoisotopic (exact) mass is 290 g/mol. The Hall–Kier alpha value is -0.860. The fourth-order valence-electron chi connectivity index (χ4n) is 3.43. The number of aliphatic hydroxyl groups is 1. The van der Waals surface area contributed by atoms with Crippen LogP contribution in [0.3, 0.4) is 0 Å². The zero-order valence-corrected chi connectivity index (χ0v) is 14.5. The van der Waals surface area contributed by atoms with Gasteiger partial charge in [0.25, 0.3) is 0 Å². The van der Waals surface area contributed by atoms with Gasteiger partial charge in [-0.2, -0.15) is 0 Å². The van der Waals surface area contributed by atoms with Gasteiger partial charge in [0.2, 0.25) is 0 Å². The molecule has 0 saturated carbocycles. The first-order chi connectivity index (χ1) is 9.52. The minimum absolute atomic E-state index is 0.159. The summed E-state index contributed by atoms with van der Waals surface area (Å²) < 4.78 is 0. The van der Waals surface area contributed by atoms with Gasteiger partial charge in [0.05, 0.1) is 12.1 Å². The van der Waals surface area contributed by atoms with E-state index in [2.05, 4.69) is 53.7 Å². The van der Waals surface area contributed by atoms with Crippen molar-refractivity contribution in [3.63, 3.8) is 0 Å². The molecule has 0 radical (unpaired) electrons. The van der Waals surface area contributed by atoms with E-state index in [1.807, 2.05) is 18.2 Å². The van der Waals surface area contributed by atoms with Gasteiger partial charge in [0.1, 0.15) is 12.1 Å². The lowest BCUT2D eigenvalue weighted by molar-refractivity contribution is -0.963. The first-order valence-corrected chi connectivity index (χ1v) is 8.15. The summed E-state index contributed by atoms with van der Waals surface area (Å²) in [5.74, 6) is 0.519. The highest BCUT2D eigenvalue weighted by Gasteiger charge is 2.48. The van der Waals surface area contributed by atoms with Crippen LogP contribution in [0.15, 0.2) is 30.3 Å². The van der Waals surface area contributed by atoms with Crippen molar-refractivity contribution in [3.05, 3.63) is 35.9 Å². The van der Waals surface area contributed by atoms with Gasteiger partial charge in [-0.25, -0.2) is 0 Å². The normalized spacial score (nSPS) is 31.2. The third-order valence-corrected chi connectivity index (χ3v) is 5.18. The van der Waals surface area contributed by atoms with E-state index in [1.54, 1.807) is 0 Å². The van der Waals surface area contributed by atoms with Crippen LogP contribution in [0.25, 0.3) is 0 Å². The lowest BCUT2D eigenvalue weighted by Crippen LogP contribution is -3.22. The van der Waals surface area contributed by atoms with Crippen LogP contribution in [0, 0.1) is 11.3 Å². The number of hydrogen-bond donors (Lipinski definition) is 2. The lowest BCUT2D eigenvalue weighted by atomic mass is 9.69. The lowest BCUT2D eigenvalue weighted by Gasteiger charge is -2.49.